The highest BCUT2D eigenvalue weighted by molar-refractivity contribution is 5.58. The van der Waals surface area contributed by atoms with E-state index in [-0.39, 0.29) is 11.5 Å². The zero-order valence-corrected chi connectivity index (χ0v) is 9.96. The highest BCUT2D eigenvalue weighted by Gasteiger charge is 2.10. The van der Waals surface area contributed by atoms with Gasteiger partial charge in [-0.1, -0.05) is 5.16 Å². The number of hydrogen-bond donors (Lipinski definition) is 2. The molecular weight excluding hydrogens is 236 g/mol. The number of benzene rings is 1. The van der Waals surface area contributed by atoms with Crippen LogP contribution < -0.4 is 0 Å². The standard InChI is InChI=1S/C12H14N2O4/c1-17-6-2-3-11-13-12(18-14-11)8-4-5-9(15)10(16)7-8/h4-5,7,15-16H,2-3,6H2,1H3. The summed E-state index contributed by atoms with van der Waals surface area (Å²) in [6.07, 6.45) is 1.48. The van der Waals surface area contributed by atoms with Gasteiger partial charge in [0.2, 0.25) is 0 Å². The van der Waals surface area contributed by atoms with Crippen molar-refractivity contribution >= 4 is 0 Å². The van der Waals surface area contributed by atoms with E-state index in [1.807, 2.05) is 0 Å². The number of methoxy groups -OCH3 is 1. The summed E-state index contributed by atoms with van der Waals surface area (Å²) in [7, 11) is 1.64. The average Bonchev–Trinajstić information content (AvgIpc) is 2.82. The first-order valence-corrected chi connectivity index (χ1v) is 5.54. The molecule has 0 unspecified atom stereocenters. The van der Waals surface area contributed by atoms with Gasteiger partial charge in [-0.3, -0.25) is 0 Å². The molecule has 0 saturated carbocycles. The third kappa shape index (κ3) is 2.78. The van der Waals surface area contributed by atoms with Gasteiger partial charge in [0.05, 0.1) is 0 Å². The number of phenols is 2. The zero-order chi connectivity index (χ0) is 13.0. The number of aromatic hydroxyl groups is 2. The number of rotatable bonds is 5. The molecule has 6 heteroatoms. The molecule has 0 bridgehead atoms. The Morgan fingerprint density at radius 3 is 2.83 bits per heavy atom. The maximum Gasteiger partial charge on any atom is 0.258 e. The first kappa shape index (κ1) is 12.4. The van der Waals surface area contributed by atoms with Gasteiger partial charge in [-0.15, -0.1) is 0 Å². The van der Waals surface area contributed by atoms with Crippen LogP contribution >= 0.6 is 0 Å². The Labute approximate surface area is 104 Å². The van der Waals surface area contributed by atoms with E-state index in [1.165, 1.54) is 12.1 Å². The van der Waals surface area contributed by atoms with Gasteiger partial charge in [0.25, 0.3) is 5.89 Å². The second-order valence-electron chi connectivity index (χ2n) is 3.82. The zero-order valence-electron chi connectivity index (χ0n) is 9.96. The van der Waals surface area contributed by atoms with Crippen molar-refractivity contribution in [2.24, 2.45) is 0 Å². The van der Waals surface area contributed by atoms with Crippen LogP contribution in [0.3, 0.4) is 0 Å². The van der Waals surface area contributed by atoms with Crippen LogP contribution in [0.5, 0.6) is 11.5 Å². The fraction of sp³-hybridized carbons (Fsp3) is 0.333. The van der Waals surface area contributed by atoms with Crippen molar-refractivity contribution in [3.63, 3.8) is 0 Å². The van der Waals surface area contributed by atoms with E-state index in [0.29, 0.717) is 30.3 Å². The summed E-state index contributed by atoms with van der Waals surface area (Å²) in [6.45, 7) is 0.643. The van der Waals surface area contributed by atoms with E-state index in [1.54, 1.807) is 13.2 Å². The number of aryl methyl sites for hydroxylation is 1. The summed E-state index contributed by atoms with van der Waals surface area (Å²) in [5, 5.41) is 22.4. The molecule has 1 heterocycles. The maximum atomic E-state index is 9.39. The Morgan fingerprint density at radius 1 is 1.28 bits per heavy atom. The molecule has 0 aliphatic carbocycles. The number of ether oxygens (including phenoxy) is 1. The molecule has 0 aliphatic heterocycles. The monoisotopic (exact) mass is 250 g/mol. The molecule has 1 aromatic carbocycles. The predicted molar refractivity (Wildman–Crippen MR) is 63.3 cm³/mol. The van der Waals surface area contributed by atoms with Gasteiger partial charge in [0.15, 0.2) is 17.3 Å². The van der Waals surface area contributed by atoms with Crippen LogP contribution in [0.4, 0.5) is 0 Å². The normalized spacial score (nSPS) is 10.7. The second kappa shape index (κ2) is 5.50. The highest BCUT2D eigenvalue weighted by atomic mass is 16.5. The first-order chi connectivity index (χ1) is 8.70. The molecule has 6 nitrogen and oxygen atoms in total. The molecule has 0 radical (unpaired) electrons. The van der Waals surface area contributed by atoms with Crippen LogP contribution in [0.1, 0.15) is 12.2 Å². The van der Waals surface area contributed by atoms with E-state index in [0.717, 1.165) is 6.42 Å². The van der Waals surface area contributed by atoms with Crippen LogP contribution in [0.15, 0.2) is 22.7 Å². The fourth-order valence-electron chi connectivity index (χ4n) is 1.50. The summed E-state index contributed by atoms with van der Waals surface area (Å²) in [4.78, 5) is 4.20. The van der Waals surface area contributed by atoms with E-state index < -0.39 is 0 Å². The Hall–Kier alpha value is -2.08. The second-order valence-corrected chi connectivity index (χ2v) is 3.82. The number of hydrogen-bond acceptors (Lipinski definition) is 6. The fourth-order valence-corrected chi connectivity index (χ4v) is 1.50. The molecule has 0 fully saturated rings. The van der Waals surface area contributed by atoms with Gasteiger partial charge < -0.3 is 19.5 Å². The van der Waals surface area contributed by atoms with Crippen LogP contribution in [0, 0.1) is 0 Å². The molecule has 0 saturated heterocycles. The number of nitrogens with zero attached hydrogens (tertiary/aromatic N) is 2. The molecular formula is C12H14N2O4. The topological polar surface area (TPSA) is 88.6 Å². The third-order valence-corrected chi connectivity index (χ3v) is 2.44. The predicted octanol–water partition coefficient (Wildman–Crippen LogP) is 1.73. The third-order valence-electron chi connectivity index (χ3n) is 2.44. The van der Waals surface area contributed by atoms with Crippen molar-refractivity contribution in [3.05, 3.63) is 24.0 Å². The highest BCUT2D eigenvalue weighted by Crippen LogP contribution is 2.29. The quantitative estimate of drug-likeness (QED) is 0.620. The molecule has 2 aromatic rings. The van der Waals surface area contributed by atoms with Crippen molar-refractivity contribution in [2.45, 2.75) is 12.8 Å². The summed E-state index contributed by atoms with van der Waals surface area (Å²) < 4.78 is 10.0. The van der Waals surface area contributed by atoms with E-state index in [9.17, 15) is 10.2 Å². The van der Waals surface area contributed by atoms with Gasteiger partial charge in [0, 0.05) is 25.7 Å². The van der Waals surface area contributed by atoms with Gasteiger partial charge >= 0.3 is 0 Å². The minimum atomic E-state index is -0.216. The molecule has 96 valence electrons. The van der Waals surface area contributed by atoms with Crippen molar-refractivity contribution in [3.8, 4) is 23.0 Å². The Morgan fingerprint density at radius 2 is 2.11 bits per heavy atom. The number of aromatic nitrogens is 2. The van der Waals surface area contributed by atoms with Crippen molar-refractivity contribution in [2.75, 3.05) is 13.7 Å². The lowest BCUT2D eigenvalue weighted by atomic mass is 10.2. The SMILES string of the molecule is COCCCc1noc(-c2ccc(O)c(O)c2)n1. The molecule has 18 heavy (non-hydrogen) atoms. The molecule has 1 aromatic heterocycles. The van der Waals surface area contributed by atoms with Gasteiger partial charge in [-0.2, -0.15) is 4.98 Å². The summed E-state index contributed by atoms with van der Waals surface area (Å²) >= 11 is 0. The van der Waals surface area contributed by atoms with Crippen LogP contribution in [0.2, 0.25) is 0 Å². The first-order valence-electron chi connectivity index (χ1n) is 5.54. The molecule has 0 aliphatic rings. The van der Waals surface area contributed by atoms with E-state index >= 15 is 0 Å². The molecule has 0 spiro atoms. The average molecular weight is 250 g/mol. The minimum Gasteiger partial charge on any atom is -0.504 e. The lowest BCUT2D eigenvalue weighted by Gasteiger charge is -1.98. The maximum absolute atomic E-state index is 9.39. The molecule has 0 amide bonds. The minimum absolute atomic E-state index is 0.182. The smallest absolute Gasteiger partial charge is 0.258 e. The molecule has 2 N–H and O–H groups in total. The Kier molecular flexibility index (Phi) is 3.78. The largest absolute Gasteiger partial charge is 0.504 e. The van der Waals surface area contributed by atoms with E-state index in [4.69, 9.17) is 9.26 Å². The van der Waals surface area contributed by atoms with Gasteiger partial charge in [0.1, 0.15) is 0 Å². The Bertz CT molecular complexity index is 525. The number of phenolic OH excluding ortho intramolecular Hbond substituents is 2. The molecule has 0 atom stereocenters. The lowest BCUT2D eigenvalue weighted by molar-refractivity contribution is 0.194. The van der Waals surface area contributed by atoms with Crippen molar-refractivity contribution in [1.29, 1.82) is 0 Å². The van der Waals surface area contributed by atoms with Crippen LogP contribution in [-0.4, -0.2) is 34.1 Å². The van der Waals surface area contributed by atoms with Crippen molar-refractivity contribution in [1.82, 2.24) is 10.1 Å². The summed E-state index contributed by atoms with van der Waals surface area (Å²) in [5.74, 6) is 0.512. The summed E-state index contributed by atoms with van der Waals surface area (Å²) in [6, 6.07) is 4.35. The van der Waals surface area contributed by atoms with Gasteiger partial charge in [-0.05, 0) is 24.6 Å². The van der Waals surface area contributed by atoms with E-state index in [2.05, 4.69) is 10.1 Å². The molecule has 2 rings (SSSR count). The lowest BCUT2D eigenvalue weighted by Crippen LogP contribution is -1.94. The van der Waals surface area contributed by atoms with Gasteiger partial charge in [-0.25, -0.2) is 0 Å². The van der Waals surface area contributed by atoms with Crippen molar-refractivity contribution < 1.29 is 19.5 Å². The Balaban J connectivity index is 2.11. The summed E-state index contributed by atoms with van der Waals surface area (Å²) in [5.41, 5.74) is 0.566. The van der Waals surface area contributed by atoms with Crippen LogP contribution in [-0.2, 0) is 11.2 Å². The van der Waals surface area contributed by atoms with Crippen LogP contribution in [0.25, 0.3) is 11.5 Å².